The van der Waals surface area contributed by atoms with Gasteiger partial charge in [0.05, 0.1) is 48.2 Å². The Balaban J connectivity index is 2.34. The van der Waals surface area contributed by atoms with E-state index in [9.17, 15) is 0 Å². The van der Waals surface area contributed by atoms with E-state index in [1.165, 1.54) is 0 Å². The van der Waals surface area contributed by atoms with Crippen LogP contribution in [0.3, 0.4) is 0 Å². The van der Waals surface area contributed by atoms with Gasteiger partial charge in [-0.05, 0) is 12.1 Å². The third-order valence-electron chi connectivity index (χ3n) is 5.06. The van der Waals surface area contributed by atoms with E-state index in [1.807, 2.05) is 12.1 Å². The molecule has 2 aromatic rings. The molecule has 1 aliphatic rings. The van der Waals surface area contributed by atoms with Gasteiger partial charge in [-0.2, -0.15) is 0 Å². The van der Waals surface area contributed by atoms with Gasteiger partial charge in [0.1, 0.15) is 29.6 Å². The fourth-order valence-electron chi connectivity index (χ4n) is 3.70. The van der Waals surface area contributed by atoms with Crippen LogP contribution in [-0.2, 0) is 9.47 Å². The highest BCUT2D eigenvalue weighted by atomic mass is 16.5. The van der Waals surface area contributed by atoms with Crippen LogP contribution in [0.25, 0.3) is 6.08 Å². The maximum atomic E-state index is 6.35. The van der Waals surface area contributed by atoms with Crippen LogP contribution in [0.15, 0.2) is 24.0 Å². The summed E-state index contributed by atoms with van der Waals surface area (Å²) in [6.07, 6.45) is 1.29. The minimum absolute atomic E-state index is 0.272. The quantitative estimate of drug-likeness (QED) is 0.592. The van der Waals surface area contributed by atoms with E-state index >= 15 is 0 Å². The van der Waals surface area contributed by atoms with Gasteiger partial charge in [-0.3, -0.25) is 0 Å². The molecule has 0 saturated heterocycles. The summed E-state index contributed by atoms with van der Waals surface area (Å²) >= 11 is 0. The normalized spacial score (nSPS) is 14.7. The summed E-state index contributed by atoms with van der Waals surface area (Å²) in [4.78, 5) is 0. The molecule has 8 heteroatoms. The van der Waals surface area contributed by atoms with E-state index in [4.69, 9.17) is 37.9 Å². The van der Waals surface area contributed by atoms with E-state index in [-0.39, 0.29) is 6.61 Å². The number of hydrogen-bond acceptors (Lipinski definition) is 8. The largest absolute Gasteiger partial charge is 0.496 e. The lowest BCUT2D eigenvalue weighted by Gasteiger charge is -2.31. The first kappa shape index (κ1) is 22.4. The van der Waals surface area contributed by atoms with Crippen LogP contribution in [0.1, 0.15) is 22.8 Å². The van der Waals surface area contributed by atoms with E-state index in [2.05, 4.69) is 0 Å². The van der Waals surface area contributed by atoms with Crippen LogP contribution in [-0.4, -0.2) is 56.4 Å². The lowest BCUT2D eigenvalue weighted by Crippen LogP contribution is -2.17. The number of ether oxygens (including phenoxy) is 8. The van der Waals surface area contributed by atoms with Gasteiger partial charge in [-0.15, -0.1) is 0 Å². The first-order chi connectivity index (χ1) is 15.1. The number of benzene rings is 2. The van der Waals surface area contributed by atoms with Gasteiger partial charge in [0, 0.05) is 30.4 Å². The van der Waals surface area contributed by atoms with Crippen LogP contribution in [0.2, 0.25) is 0 Å². The van der Waals surface area contributed by atoms with Gasteiger partial charge in [-0.1, -0.05) is 0 Å². The molecule has 1 aliphatic heterocycles. The maximum absolute atomic E-state index is 6.35. The molecule has 0 saturated carbocycles. The van der Waals surface area contributed by atoms with Gasteiger partial charge in [0.15, 0.2) is 17.6 Å². The van der Waals surface area contributed by atoms with Crippen molar-refractivity contribution in [3.63, 3.8) is 0 Å². The van der Waals surface area contributed by atoms with Crippen molar-refractivity contribution in [3.8, 4) is 34.5 Å². The van der Waals surface area contributed by atoms with Gasteiger partial charge in [0.2, 0.25) is 5.75 Å². The fourth-order valence-corrected chi connectivity index (χ4v) is 3.70. The summed E-state index contributed by atoms with van der Waals surface area (Å²) in [5.41, 5.74) is 2.29. The molecule has 0 radical (unpaired) electrons. The predicted octanol–water partition coefficient (Wildman–Crippen LogP) is 3.85. The second-order valence-corrected chi connectivity index (χ2v) is 6.64. The first-order valence-electron chi connectivity index (χ1n) is 9.55. The average molecular weight is 432 g/mol. The van der Waals surface area contributed by atoms with Crippen molar-refractivity contribution in [2.24, 2.45) is 0 Å². The average Bonchev–Trinajstić information content (AvgIpc) is 2.81. The molecule has 0 bridgehead atoms. The summed E-state index contributed by atoms with van der Waals surface area (Å²) in [6.45, 7) is 0.272. The Hall–Kier alpha value is -3.26. The highest BCUT2D eigenvalue weighted by Gasteiger charge is 2.34. The highest BCUT2D eigenvalue weighted by molar-refractivity contribution is 5.74. The van der Waals surface area contributed by atoms with Crippen molar-refractivity contribution >= 4 is 6.08 Å². The molecule has 0 fully saturated rings. The summed E-state index contributed by atoms with van der Waals surface area (Å²) < 4.78 is 45.3. The molecule has 1 heterocycles. The van der Waals surface area contributed by atoms with Gasteiger partial charge in [0.25, 0.3) is 0 Å². The molecular formula is C23H28O8. The Morgan fingerprint density at radius 1 is 0.710 bits per heavy atom. The zero-order valence-electron chi connectivity index (χ0n) is 18.9. The van der Waals surface area contributed by atoms with Crippen molar-refractivity contribution in [1.82, 2.24) is 0 Å². The van der Waals surface area contributed by atoms with Crippen molar-refractivity contribution in [2.45, 2.75) is 6.10 Å². The van der Waals surface area contributed by atoms with Gasteiger partial charge < -0.3 is 37.9 Å². The molecule has 1 atom stereocenters. The zero-order valence-corrected chi connectivity index (χ0v) is 18.9. The lowest BCUT2D eigenvalue weighted by atomic mass is 9.91. The monoisotopic (exact) mass is 432 g/mol. The van der Waals surface area contributed by atoms with Crippen molar-refractivity contribution in [1.29, 1.82) is 0 Å². The van der Waals surface area contributed by atoms with E-state index in [0.29, 0.717) is 45.8 Å². The zero-order chi connectivity index (χ0) is 22.5. The molecule has 0 N–H and O–H groups in total. The Kier molecular flexibility index (Phi) is 7.02. The molecule has 0 amide bonds. The summed E-state index contributed by atoms with van der Waals surface area (Å²) in [7, 11) is 11.1. The van der Waals surface area contributed by atoms with Gasteiger partial charge >= 0.3 is 0 Å². The van der Waals surface area contributed by atoms with Crippen molar-refractivity contribution in [3.05, 3.63) is 40.6 Å². The van der Waals surface area contributed by atoms with Crippen LogP contribution < -0.4 is 28.4 Å². The fraction of sp³-hybridized carbons (Fsp3) is 0.391. The van der Waals surface area contributed by atoms with E-state index in [1.54, 1.807) is 61.9 Å². The maximum Gasteiger partial charge on any atom is 0.203 e. The topological polar surface area (TPSA) is 73.8 Å². The molecular weight excluding hydrogens is 404 g/mol. The third-order valence-corrected chi connectivity index (χ3v) is 5.06. The minimum atomic E-state index is -0.588. The molecule has 168 valence electrons. The molecule has 0 aromatic heterocycles. The van der Waals surface area contributed by atoms with Gasteiger partial charge in [-0.25, -0.2) is 0 Å². The second kappa shape index (κ2) is 9.70. The lowest BCUT2D eigenvalue weighted by molar-refractivity contribution is 0.0919. The first-order valence-corrected chi connectivity index (χ1v) is 9.55. The molecule has 0 spiro atoms. The van der Waals surface area contributed by atoms with E-state index < -0.39 is 6.10 Å². The molecule has 31 heavy (non-hydrogen) atoms. The summed E-state index contributed by atoms with van der Waals surface area (Å²) in [6, 6.07) is 5.44. The molecule has 2 aromatic carbocycles. The summed E-state index contributed by atoms with van der Waals surface area (Å²) in [5, 5.41) is 0. The number of methoxy groups -OCH3 is 7. The molecule has 8 nitrogen and oxygen atoms in total. The molecule has 3 rings (SSSR count). The van der Waals surface area contributed by atoms with Crippen molar-refractivity contribution < 1.29 is 37.9 Å². The van der Waals surface area contributed by atoms with Crippen LogP contribution in [0.5, 0.6) is 34.5 Å². The predicted molar refractivity (Wildman–Crippen MR) is 115 cm³/mol. The van der Waals surface area contributed by atoms with Crippen molar-refractivity contribution in [2.75, 3.05) is 56.4 Å². The van der Waals surface area contributed by atoms with Crippen LogP contribution in [0, 0.1) is 0 Å². The Morgan fingerprint density at radius 2 is 1.32 bits per heavy atom. The smallest absolute Gasteiger partial charge is 0.203 e. The molecule has 1 unspecified atom stereocenters. The highest BCUT2D eigenvalue weighted by Crippen LogP contribution is 2.52. The number of hydrogen-bond donors (Lipinski definition) is 0. The Morgan fingerprint density at radius 3 is 1.81 bits per heavy atom. The second-order valence-electron chi connectivity index (χ2n) is 6.64. The third kappa shape index (κ3) is 4.03. The SMILES string of the molecule is COCC1=Cc2c(cc(OC)c(OC)c2OC)C(c2c(OC)cc(OC)cc2OC)O1. The van der Waals surface area contributed by atoms with E-state index in [0.717, 1.165) is 11.1 Å². The van der Waals surface area contributed by atoms with Crippen LogP contribution >= 0.6 is 0 Å². The number of rotatable bonds is 9. The summed E-state index contributed by atoms with van der Waals surface area (Å²) in [5.74, 6) is 3.87. The Labute approximate surface area is 182 Å². The molecule has 0 aliphatic carbocycles. The Bertz CT molecular complexity index is 942. The minimum Gasteiger partial charge on any atom is -0.496 e. The standard InChI is InChI=1S/C23H28O8/c1-24-12-14-8-15-16(11-19(28-5)23(30-7)22(15)29-6)21(31-14)20-17(26-3)9-13(25-2)10-18(20)27-4/h8-11,21H,12H2,1-7H3. The van der Waals surface area contributed by atoms with Crippen LogP contribution in [0.4, 0.5) is 0 Å². The number of fused-ring (bicyclic) bond motifs is 1.